The van der Waals surface area contributed by atoms with E-state index in [0.29, 0.717) is 6.42 Å². The van der Waals surface area contributed by atoms with Crippen molar-refractivity contribution >= 4 is 27.5 Å². The Morgan fingerprint density at radius 1 is 0.892 bits per heavy atom. The molecule has 4 N–H and O–H groups in total. The summed E-state index contributed by atoms with van der Waals surface area (Å²) in [7, 11) is -8.70. The van der Waals surface area contributed by atoms with E-state index in [-0.39, 0.29) is 50.6 Å². The Kier molecular flexibility index (Phi) is 13.9. The van der Waals surface area contributed by atoms with Crippen molar-refractivity contribution in [2.24, 2.45) is 0 Å². The minimum absolute atomic E-state index is 0.0948. The molecule has 0 saturated heterocycles. The van der Waals surface area contributed by atoms with E-state index in [1.807, 2.05) is 0 Å². The van der Waals surface area contributed by atoms with E-state index in [0.717, 1.165) is 25.7 Å². The molecule has 2 unspecified atom stereocenters. The van der Waals surface area contributed by atoms with E-state index >= 15 is 0 Å². The van der Waals surface area contributed by atoms with Crippen LogP contribution in [0.3, 0.4) is 0 Å². The number of ether oxygens (including phenoxy) is 1. The van der Waals surface area contributed by atoms with Crippen molar-refractivity contribution in [1.82, 2.24) is 10.6 Å². The molecular weight excluding hydrogens is 530 g/mol. The normalized spacial score (nSPS) is 18.4. The van der Waals surface area contributed by atoms with Gasteiger partial charge in [-0.25, -0.2) is 9.13 Å². The minimum atomic E-state index is -4.49. The molecule has 2 atom stereocenters. The molecule has 0 bridgehead atoms. The number of phosphoric acid groups is 2. The number of hydrogen-bond acceptors (Lipinski definition) is 9. The summed E-state index contributed by atoms with van der Waals surface area (Å²) in [6.45, 7) is 9.27. The number of amides is 2. The molecule has 0 aromatic carbocycles. The maximum Gasteiger partial charge on any atom is 0.472 e. The number of hydrogen-bond donors (Lipinski definition) is 4. The van der Waals surface area contributed by atoms with E-state index in [9.17, 15) is 28.5 Å². The first kappa shape index (κ1) is 34.1. The fourth-order valence-corrected chi connectivity index (χ4v) is 5.75. The molecule has 1 fully saturated rings. The Labute approximate surface area is 219 Å². The molecule has 0 heterocycles. The van der Waals surface area contributed by atoms with Crippen LogP contribution in [0.25, 0.3) is 0 Å². The van der Waals surface area contributed by atoms with Gasteiger partial charge in [0.2, 0.25) is 11.8 Å². The molecule has 0 aromatic rings. The summed E-state index contributed by atoms with van der Waals surface area (Å²) < 4.78 is 51.4. The molecule has 1 rings (SSSR count). The summed E-state index contributed by atoms with van der Waals surface area (Å²) in [4.78, 5) is 42.5. The molecule has 1 aliphatic rings. The van der Waals surface area contributed by atoms with Crippen LogP contribution in [0.1, 0.15) is 80.1 Å². The Morgan fingerprint density at radius 3 is 1.92 bits per heavy atom. The Balaban J connectivity index is 2.46. The van der Waals surface area contributed by atoms with E-state index in [1.165, 1.54) is 13.8 Å². The molecule has 0 aromatic heterocycles. The molecule has 218 valence electrons. The first-order valence-corrected chi connectivity index (χ1v) is 15.4. The van der Waals surface area contributed by atoms with Crippen LogP contribution in [0, 0.1) is 0 Å². The summed E-state index contributed by atoms with van der Waals surface area (Å²) in [6, 6.07) is 0. The third-order valence-corrected chi connectivity index (χ3v) is 7.91. The number of carbonyl (C=O) groups excluding carboxylic acids is 2. The van der Waals surface area contributed by atoms with E-state index in [1.54, 1.807) is 27.7 Å². The second kappa shape index (κ2) is 15.1. The number of nitrogens with one attached hydrogen (secondary N) is 2. The van der Waals surface area contributed by atoms with Gasteiger partial charge in [-0.1, -0.05) is 12.8 Å². The summed E-state index contributed by atoms with van der Waals surface area (Å²) in [5.41, 5.74) is -1.74. The summed E-state index contributed by atoms with van der Waals surface area (Å²) in [5, 5.41) is 4.93. The van der Waals surface area contributed by atoms with Gasteiger partial charge in [-0.15, -0.1) is 0 Å². The standard InChI is InChI=1S/C22H44N2O11P2/c1-17(25)23-15-20(16-24-18(2)26)34-36(27,28)32-14-12-21(3,4)31-13-11-22(5,6)35-37(29,30)33-19-9-7-8-10-19/h19-20H,7-16H2,1-6H3,(H,23,25)(H,24,26)(H,27,28)(H,29,30). The Bertz CT molecular complexity index is 813. The average molecular weight is 575 g/mol. The average Bonchev–Trinajstić information content (AvgIpc) is 3.20. The van der Waals surface area contributed by atoms with E-state index in [4.69, 9.17) is 22.8 Å². The molecule has 0 aliphatic heterocycles. The summed E-state index contributed by atoms with van der Waals surface area (Å²) in [6.07, 6.45) is 2.70. The lowest BCUT2D eigenvalue weighted by atomic mass is 10.0. The second-order valence-electron chi connectivity index (χ2n) is 10.3. The van der Waals surface area contributed by atoms with Gasteiger partial charge >= 0.3 is 15.6 Å². The molecular formula is C22H44N2O11P2. The number of phosphoric ester groups is 2. The molecule has 0 spiro atoms. The van der Waals surface area contributed by atoms with Gasteiger partial charge in [0, 0.05) is 26.9 Å². The quantitative estimate of drug-likeness (QED) is 0.177. The second-order valence-corrected chi connectivity index (χ2v) is 13.1. The highest BCUT2D eigenvalue weighted by atomic mass is 31.2. The van der Waals surface area contributed by atoms with Crippen molar-refractivity contribution < 1.29 is 51.3 Å². The van der Waals surface area contributed by atoms with Crippen molar-refractivity contribution in [3.63, 3.8) is 0 Å². The fraction of sp³-hybridized carbons (Fsp3) is 0.909. The maximum absolute atomic E-state index is 12.4. The Morgan fingerprint density at radius 2 is 1.41 bits per heavy atom. The molecule has 0 radical (unpaired) electrons. The van der Waals surface area contributed by atoms with Gasteiger partial charge in [-0.2, -0.15) is 0 Å². The lowest BCUT2D eigenvalue weighted by Crippen LogP contribution is -2.40. The maximum atomic E-state index is 12.4. The van der Waals surface area contributed by atoms with Crippen molar-refractivity contribution in [2.75, 3.05) is 26.3 Å². The lowest BCUT2D eigenvalue weighted by Gasteiger charge is -2.31. The van der Waals surface area contributed by atoms with Gasteiger partial charge in [0.1, 0.15) is 6.10 Å². The van der Waals surface area contributed by atoms with Crippen molar-refractivity contribution in [3.05, 3.63) is 0 Å². The van der Waals surface area contributed by atoms with E-state index < -0.39 is 33.0 Å². The highest BCUT2D eigenvalue weighted by Crippen LogP contribution is 2.51. The van der Waals surface area contributed by atoms with E-state index in [2.05, 4.69) is 10.6 Å². The topological polar surface area (TPSA) is 179 Å². The molecule has 1 aliphatic carbocycles. The third kappa shape index (κ3) is 16.6. The zero-order valence-electron chi connectivity index (χ0n) is 22.7. The minimum Gasteiger partial charge on any atom is -0.375 e. The van der Waals surface area contributed by atoms with Crippen molar-refractivity contribution in [3.8, 4) is 0 Å². The largest absolute Gasteiger partial charge is 0.472 e. The van der Waals surface area contributed by atoms with Crippen LogP contribution in [-0.4, -0.2) is 71.3 Å². The van der Waals surface area contributed by atoms with Gasteiger partial charge in [0.15, 0.2) is 0 Å². The van der Waals surface area contributed by atoms with Gasteiger partial charge in [0.05, 0.1) is 30.5 Å². The van der Waals surface area contributed by atoms with Crippen LogP contribution in [0.2, 0.25) is 0 Å². The third-order valence-electron chi connectivity index (χ3n) is 5.54. The first-order valence-electron chi connectivity index (χ1n) is 12.4. The molecule has 15 heteroatoms. The van der Waals surface area contributed by atoms with Crippen LogP contribution < -0.4 is 10.6 Å². The Hall–Kier alpha value is -0.880. The van der Waals surface area contributed by atoms with Gasteiger partial charge in [-0.3, -0.25) is 27.7 Å². The SMILES string of the molecule is CC(=O)NCC(CNC(C)=O)OP(=O)(O)OCCC(C)(C)OCCC(C)(C)OP(=O)(O)OC1CCCC1. The molecule has 37 heavy (non-hydrogen) atoms. The fourth-order valence-electron chi connectivity index (χ4n) is 3.49. The monoisotopic (exact) mass is 574 g/mol. The van der Waals surface area contributed by atoms with Gasteiger partial charge in [0.25, 0.3) is 0 Å². The first-order chi connectivity index (χ1) is 16.9. The van der Waals surface area contributed by atoms with Crippen molar-refractivity contribution in [2.45, 2.75) is 103 Å². The highest BCUT2D eigenvalue weighted by Gasteiger charge is 2.36. The highest BCUT2D eigenvalue weighted by molar-refractivity contribution is 7.47. The van der Waals surface area contributed by atoms with Gasteiger partial charge < -0.3 is 25.2 Å². The van der Waals surface area contributed by atoms with Crippen LogP contribution >= 0.6 is 15.6 Å². The van der Waals surface area contributed by atoms with Crippen LogP contribution in [-0.2, 0) is 41.6 Å². The molecule has 13 nitrogen and oxygen atoms in total. The smallest absolute Gasteiger partial charge is 0.375 e. The zero-order chi connectivity index (χ0) is 28.3. The predicted octanol–water partition coefficient (Wildman–Crippen LogP) is 3.19. The molecule has 2 amide bonds. The molecule has 1 saturated carbocycles. The predicted molar refractivity (Wildman–Crippen MR) is 136 cm³/mol. The van der Waals surface area contributed by atoms with Crippen LogP contribution in [0.5, 0.6) is 0 Å². The lowest BCUT2D eigenvalue weighted by molar-refractivity contribution is -0.119. The zero-order valence-corrected chi connectivity index (χ0v) is 24.5. The summed E-state index contributed by atoms with van der Waals surface area (Å²) in [5.74, 6) is -0.721. The van der Waals surface area contributed by atoms with Gasteiger partial charge in [-0.05, 0) is 53.4 Å². The summed E-state index contributed by atoms with van der Waals surface area (Å²) >= 11 is 0. The van der Waals surface area contributed by atoms with Crippen molar-refractivity contribution in [1.29, 1.82) is 0 Å². The van der Waals surface area contributed by atoms with Crippen LogP contribution in [0.4, 0.5) is 0 Å². The number of rotatable bonds is 18. The number of carbonyl (C=O) groups is 2. The van der Waals surface area contributed by atoms with Crippen LogP contribution in [0.15, 0.2) is 0 Å².